The van der Waals surface area contributed by atoms with Gasteiger partial charge < -0.3 is 10.4 Å². The monoisotopic (exact) mass is 310 g/mol. The SMILES string of the molecule is CSc1ccc(C(=O)NCC2CCCC2O)cc1[N+](=O)[O-]. The predicted molar refractivity (Wildman–Crippen MR) is 80.6 cm³/mol. The minimum absolute atomic E-state index is 0.0592. The largest absolute Gasteiger partial charge is 0.393 e. The minimum atomic E-state index is -0.483. The van der Waals surface area contributed by atoms with Crippen LogP contribution in [-0.4, -0.2) is 34.8 Å². The summed E-state index contributed by atoms with van der Waals surface area (Å²) in [6.45, 7) is 0.401. The Morgan fingerprint density at radius 2 is 2.29 bits per heavy atom. The lowest BCUT2D eigenvalue weighted by Gasteiger charge is -2.15. The van der Waals surface area contributed by atoms with Crippen LogP contribution < -0.4 is 5.32 Å². The van der Waals surface area contributed by atoms with E-state index in [2.05, 4.69) is 5.32 Å². The standard InChI is InChI=1S/C14H18N2O4S/c1-21-13-6-5-9(7-11(13)16(19)20)14(18)15-8-10-3-2-4-12(10)17/h5-7,10,12,17H,2-4,8H2,1H3,(H,15,18). The lowest BCUT2D eigenvalue weighted by atomic mass is 10.1. The van der Waals surface area contributed by atoms with Crippen molar-refractivity contribution in [2.45, 2.75) is 30.3 Å². The molecule has 1 aliphatic carbocycles. The van der Waals surface area contributed by atoms with Gasteiger partial charge in [-0.25, -0.2) is 0 Å². The smallest absolute Gasteiger partial charge is 0.283 e. The number of nitro benzene ring substituents is 1. The summed E-state index contributed by atoms with van der Waals surface area (Å²) in [7, 11) is 0. The zero-order valence-corrected chi connectivity index (χ0v) is 12.6. The third-order valence-electron chi connectivity index (χ3n) is 3.78. The van der Waals surface area contributed by atoms with Crippen molar-refractivity contribution in [3.8, 4) is 0 Å². The molecule has 21 heavy (non-hydrogen) atoms. The zero-order chi connectivity index (χ0) is 15.4. The molecule has 1 fully saturated rings. The first-order valence-electron chi connectivity index (χ1n) is 6.81. The van der Waals surface area contributed by atoms with Crippen molar-refractivity contribution in [1.29, 1.82) is 0 Å². The third-order valence-corrected chi connectivity index (χ3v) is 4.57. The number of amides is 1. The van der Waals surface area contributed by atoms with Crippen LogP contribution in [0.15, 0.2) is 23.1 Å². The number of hydrogen-bond acceptors (Lipinski definition) is 5. The molecule has 0 radical (unpaired) electrons. The Kier molecular flexibility index (Phi) is 5.19. The Bertz CT molecular complexity index is 550. The van der Waals surface area contributed by atoms with Crippen LogP contribution in [0.5, 0.6) is 0 Å². The molecule has 0 heterocycles. The Morgan fingerprint density at radius 1 is 1.52 bits per heavy atom. The van der Waals surface area contributed by atoms with E-state index in [-0.39, 0.29) is 29.2 Å². The molecule has 1 amide bonds. The van der Waals surface area contributed by atoms with Crippen LogP contribution >= 0.6 is 11.8 Å². The van der Waals surface area contributed by atoms with E-state index in [1.54, 1.807) is 18.4 Å². The van der Waals surface area contributed by atoms with Gasteiger partial charge in [0, 0.05) is 24.1 Å². The van der Waals surface area contributed by atoms with Gasteiger partial charge in [-0.2, -0.15) is 0 Å². The predicted octanol–water partition coefficient (Wildman–Crippen LogP) is 2.21. The van der Waals surface area contributed by atoms with Crippen LogP contribution in [0.1, 0.15) is 29.6 Å². The number of hydrogen-bond donors (Lipinski definition) is 2. The summed E-state index contributed by atoms with van der Waals surface area (Å²) < 4.78 is 0. The first kappa shape index (κ1) is 15.8. The Morgan fingerprint density at radius 3 is 2.86 bits per heavy atom. The summed E-state index contributed by atoms with van der Waals surface area (Å²) in [4.78, 5) is 23.1. The highest BCUT2D eigenvalue weighted by atomic mass is 32.2. The molecule has 1 aliphatic rings. The number of carbonyl (C=O) groups is 1. The Labute approximate surface area is 127 Å². The summed E-state index contributed by atoms with van der Waals surface area (Å²) in [6, 6.07) is 4.47. The summed E-state index contributed by atoms with van der Waals surface area (Å²) in [5.74, 6) is -0.265. The number of nitrogens with zero attached hydrogens (tertiary/aromatic N) is 1. The lowest BCUT2D eigenvalue weighted by molar-refractivity contribution is -0.387. The van der Waals surface area contributed by atoms with E-state index in [0.29, 0.717) is 11.4 Å². The van der Waals surface area contributed by atoms with Gasteiger partial charge in [0.2, 0.25) is 0 Å². The fourth-order valence-corrected chi connectivity index (χ4v) is 3.10. The van der Waals surface area contributed by atoms with E-state index < -0.39 is 4.92 Å². The van der Waals surface area contributed by atoms with E-state index >= 15 is 0 Å². The quantitative estimate of drug-likeness (QED) is 0.494. The highest BCUT2D eigenvalue weighted by Gasteiger charge is 2.25. The lowest BCUT2D eigenvalue weighted by Crippen LogP contribution is -2.32. The van der Waals surface area contributed by atoms with E-state index in [0.717, 1.165) is 19.3 Å². The molecular weight excluding hydrogens is 292 g/mol. The van der Waals surface area contributed by atoms with Gasteiger partial charge in [0.1, 0.15) is 0 Å². The number of rotatable bonds is 5. The van der Waals surface area contributed by atoms with Crippen molar-refractivity contribution >= 4 is 23.4 Å². The second-order valence-corrected chi connectivity index (χ2v) is 5.96. The van der Waals surface area contributed by atoms with Gasteiger partial charge in [-0.3, -0.25) is 14.9 Å². The van der Waals surface area contributed by atoms with Crippen molar-refractivity contribution in [2.24, 2.45) is 5.92 Å². The Balaban J connectivity index is 2.05. The van der Waals surface area contributed by atoms with E-state index in [1.807, 2.05) is 0 Å². The topological polar surface area (TPSA) is 92.5 Å². The van der Waals surface area contributed by atoms with Gasteiger partial charge in [-0.15, -0.1) is 11.8 Å². The van der Waals surface area contributed by atoms with Crippen LogP contribution in [-0.2, 0) is 0 Å². The average Bonchev–Trinajstić information content (AvgIpc) is 2.89. The molecule has 6 nitrogen and oxygen atoms in total. The number of nitro groups is 1. The number of thioether (sulfide) groups is 1. The maximum atomic E-state index is 12.1. The molecule has 1 saturated carbocycles. The molecule has 1 aromatic rings. The van der Waals surface area contributed by atoms with Crippen LogP contribution in [0.2, 0.25) is 0 Å². The molecule has 2 atom stereocenters. The summed E-state index contributed by atoms with van der Waals surface area (Å²) in [5.41, 5.74) is 0.211. The van der Waals surface area contributed by atoms with E-state index in [4.69, 9.17) is 0 Å². The van der Waals surface area contributed by atoms with Gasteiger partial charge in [0.25, 0.3) is 11.6 Å². The summed E-state index contributed by atoms with van der Waals surface area (Å²) >= 11 is 1.27. The molecule has 114 valence electrons. The van der Waals surface area contributed by atoms with Gasteiger partial charge in [0.05, 0.1) is 15.9 Å². The van der Waals surface area contributed by atoms with Crippen molar-refractivity contribution in [1.82, 2.24) is 5.32 Å². The number of aliphatic hydroxyl groups is 1. The van der Waals surface area contributed by atoms with Crippen LogP contribution in [0, 0.1) is 16.0 Å². The number of aliphatic hydroxyl groups excluding tert-OH is 1. The van der Waals surface area contributed by atoms with Gasteiger partial charge >= 0.3 is 0 Å². The molecule has 2 unspecified atom stereocenters. The van der Waals surface area contributed by atoms with Crippen LogP contribution in [0.25, 0.3) is 0 Å². The molecule has 1 aromatic carbocycles. The van der Waals surface area contributed by atoms with Crippen LogP contribution in [0.3, 0.4) is 0 Å². The van der Waals surface area contributed by atoms with E-state index in [9.17, 15) is 20.0 Å². The molecule has 0 bridgehead atoms. The summed E-state index contributed by atoms with van der Waals surface area (Å²) in [6.07, 6.45) is 4.03. The molecule has 0 aliphatic heterocycles. The molecule has 2 rings (SSSR count). The molecule has 0 saturated heterocycles. The average molecular weight is 310 g/mol. The van der Waals surface area contributed by atoms with Crippen LogP contribution in [0.4, 0.5) is 5.69 Å². The van der Waals surface area contributed by atoms with E-state index in [1.165, 1.54) is 17.8 Å². The fourth-order valence-electron chi connectivity index (χ4n) is 2.56. The molecule has 7 heteroatoms. The van der Waals surface area contributed by atoms with Crippen molar-refractivity contribution in [2.75, 3.05) is 12.8 Å². The third kappa shape index (κ3) is 3.74. The number of benzene rings is 1. The molecular formula is C14H18N2O4S. The highest BCUT2D eigenvalue weighted by molar-refractivity contribution is 7.98. The van der Waals surface area contributed by atoms with Crippen molar-refractivity contribution < 1.29 is 14.8 Å². The van der Waals surface area contributed by atoms with Gasteiger partial charge in [-0.1, -0.05) is 6.42 Å². The summed E-state index contributed by atoms with van der Waals surface area (Å²) in [5, 5.41) is 23.5. The van der Waals surface area contributed by atoms with Gasteiger partial charge in [-0.05, 0) is 31.2 Å². The molecule has 0 spiro atoms. The highest BCUT2D eigenvalue weighted by Crippen LogP contribution is 2.28. The number of carbonyl (C=O) groups excluding carboxylic acids is 1. The minimum Gasteiger partial charge on any atom is -0.393 e. The second kappa shape index (κ2) is 6.91. The fraction of sp³-hybridized carbons (Fsp3) is 0.500. The number of nitrogens with one attached hydrogen (secondary N) is 1. The molecule has 2 N–H and O–H groups in total. The molecule has 0 aromatic heterocycles. The first-order valence-corrected chi connectivity index (χ1v) is 8.04. The second-order valence-electron chi connectivity index (χ2n) is 5.11. The normalized spacial score (nSPS) is 21.2. The zero-order valence-electron chi connectivity index (χ0n) is 11.7. The first-order chi connectivity index (χ1) is 10.0. The Hall–Kier alpha value is -1.60. The van der Waals surface area contributed by atoms with Crippen molar-refractivity contribution in [3.05, 3.63) is 33.9 Å². The maximum Gasteiger partial charge on any atom is 0.283 e. The van der Waals surface area contributed by atoms with Gasteiger partial charge in [0.15, 0.2) is 0 Å². The van der Waals surface area contributed by atoms with Crippen molar-refractivity contribution in [3.63, 3.8) is 0 Å². The maximum absolute atomic E-state index is 12.1.